The Labute approximate surface area is 258 Å². The summed E-state index contributed by atoms with van der Waals surface area (Å²) >= 11 is 6.64. The summed E-state index contributed by atoms with van der Waals surface area (Å²) in [4.78, 5) is 36.1. The molecule has 9 nitrogen and oxygen atoms in total. The highest BCUT2D eigenvalue weighted by molar-refractivity contribution is 6.33. The van der Waals surface area contributed by atoms with Gasteiger partial charge in [-0.3, -0.25) is 9.36 Å². The van der Waals surface area contributed by atoms with Crippen molar-refractivity contribution in [3.05, 3.63) is 69.2 Å². The smallest absolute Gasteiger partial charge is 0.260 e. The number of benzene rings is 1. The number of likely N-dealkylation sites (tertiary alicyclic amines) is 1. The molecular weight excluding hydrogens is 560 g/mol. The molecule has 0 radical (unpaired) electrons. The molecule has 0 unspecified atom stereocenters. The highest BCUT2D eigenvalue weighted by Gasteiger charge is 2.27. The van der Waals surface area contributed by atoms with E-state index < -0.39 is 0 Å². The molecule has 0 spiro atoms. The molecule has 226 valence electrons. The van der Waals surface area contributed by atoms with Gasteiger partial charge in [-0.15, -0.1) is 0 Å². The number of piperidine rings is 1. The molecule has 0 aliphatic carbocycles. The van der Waals surface area contributed by atoms with Crippen molar-refractivity contribution in [3.8, 4) is 11.1 Å². The fourth-order valence-corrected chi connectivity index (χ4v) is 6.82. The van der Waals surface area contributed by atoms with Crippen LogP contribution in [0.1, 0.15) is 43.5 Å². The minimum absolute atomic E-state index is 0.00290. The van der Waals surface area contributed by atoms with Crippen molar-refractivity contribution in [2.75, 3.05) is 63.1 Å². The predicted octanol–water partition coefficient (Wildman–Crippen LogP) is 5.67. The lowest BCUT2D eigenvalue weighted by Gasteiger charge is -2.34. The molecule has 4 aromatic rings. The summed E-state index contributed by atoms with van der Waals surface area (Å²) in [6, 6.07) is 11.7. The van der Waals surface area contributed by atoms with Gasteiger partial charge in [0.2, 0.25) is 5.95 Å². The highest BCUT2D eigenvalue weighted by Crippen LogP contribution is 2.33. The molecule has 0 saturated carbocycles. The summed E-state index contributed by atoms with van der Waals surface area (Å²) < 4.78 is 1.91. The third-order valence-corrected chi connectivity index (χ3v) is 9.21. The van der Waals surface area contributed by atoms with E-state index in [0.29, 0.717) is 28.0 Å². The first kappa shape index (κ1) is 29.5. The van der Waals surface area contributed by atoms with Crippen molar-refractivity contribution in [2.45, 2.75) is 46.1 Å². The molecule has 10 heteroatoms. The van der Waals surface area contributed by atoms with Gasteiger partial charge in [0, 0.05) is 54.9 Å². The second-order valence-electron chi connectivity index (χ2n) is 11.9. The second-order valence-corrected chi connectivity index (χ2v) is 12.3. The zero-order valence-electron chi connectivity index (χ0n) is 25.6. The lowest BCUT2D eigenvalue weighted by molar-refractivity contribution is 0.178. The number of anilines is 3. The molecule has 2 fully saturated rings. The maximum Gasteiger partial charge on any atom is 0.260 e. The quantitative estimate of drug-likeness (QED) is 0.291. The summed E-state index contributed by atoms with van der Waals surface area (Å²) in [6.07, 6.45) is 4.86. The third-order valence-electron chi connectivity index (χ3n) is 8.88. The largest absolute Gasteiger partial charge is 0.368 e. The maximum absolute atomic E-state index is 14.4. The zero-order valence-corrected chi connectivity index (χ0v) is 26.4. The van der Waals surface area contributed by atoms with Crippen LogP contribution in [0.3, 0.4) is 0 Å². The molecule has 6 rings (SSSR count). The van der Waals surface area contributed by atoms with Gasteiger partial charge < -0.3 is 20.0 Å². The number of aromatic nitrogens is 4. The SMILES string of the molecule is CCCN1CCC[C@H](n2c(=O)c(-c3ccccc3Cl)c(C)c3cnc(Nc4ccc(N5CCN(C)CC5)c(C)n4)nc32)C1. The van der Waals surface area contributed by atoms with E-state index in [2.05, 4.69) is 40.1 Å². The standard InChI is InChI=1S/C33H41ClN8O/c1-5-14-40-15-8-9-24(21-40)42-31-26(22(2)30(32(42)43)25-10-6-7-11-27(25)34)20-35-33(38-31)37-29-13-12-28(23(3)36-29)41-18-16-39(4)17-19-41/h6-7,10-13,20,24H,5,8-9,14-19,21H2,1-4H3,(H,35,36,37,38)/t24-/m0/s1. The number of fused-ring (bicyclic) bond motifs is 1. The van der Waals surface area contributed by atoms with Crippen LogP contribution in [0.4, 0.5) is 17.5 Å². The zero-order chi connectivity index (χ0) is 30.1. The van der Waals surface area contributed by atoms with Gasteiger partial charge in [0.05, 0.1) is 23.0 Å². The molecule has 0 amide bonds. The van der Waals surface area contributed by atoms with Crippen molar-refractivity contribution in [2.24, 2.45) is 0 Å². The minimum atomic E-state index is -0.0587. The molecule has 0 bridgehead atoms. The van der Waals surface area contributed by atoms with Crippen LogP contribution in [0.2, 0.25) is 5.02 Å². The van der Waals surface area contributed by atoms with Crippen molar-refractivity contribution in [1.82, 2.24) is 29.3 Å². The van der Waals surface area contributed by atoms with Gasteiger partial charge in [-0.1, -0.05) is 36.7 Å². The first-order valence-electron chi connectivity index (χ1n) is 15.4. The van der Waals surface area contributed by atoms with Crippen molar-refractivity contribution >= 4 is 40.1 Å². The number of rotatable bonds is 7. The van der Waals surface area contributed by atoms with Crippen LogP contribution in [0.15, 0.2) is 47.4 Å². The number of halogens is 1. The Morgan fingerprint density at radius 2 is 1.81 bits per heavy atom. The minimum Gasteiger partial charge on any atom is -0.368 e. The molecular formula is C33H41ClN8O. The topological polar surface area (TPSA) is 82.4 Å². The second kappa shape index (κ2) is 12.6. The number of hydrogen-bond donors (Lipinski definition) is 1. The van der Waals surface area contributed by atoms with Gasteiger partial charge in [0.25, 0.3) is 5.56 Å². The van der Waals surface area contributed by atoms with Gasteiger partial charge in [0.1, 0.15) is 11.5 Å². The van der Waals surface area contributed by atoms with E-state index in [1.54, 1.807) is 0 Å². The van der Waals surface area contributed by atoms with Gasteiger partial charge in [0.15, 0.2) is 0 Å². The normalized spacial score (nSPS) is 18.3. The van der Waals surface area contributed by atoms with Crippen LogP contribution in [-0.4, -0.2) is 82.2 Å². The molecule has 1 N–H and O–H groups in total. The van der Waals surface area contributed by atoms with Crippen LogP contribution in [0.25, 0.3) is 22.2 Å². The van der Waals surface area contributed by atoms with Crippen LogP contribution in [0.5, 0.6) is 0 Å². The monoisotopic (exact) mass is 600 g/mol. The Kier molecular flexibility index (Phi) is 8.66. The number of aryl methyl sites for hydroxylation is 2. The molecule has 2 aliphatic rings. The van der Waals surface area contributed by atoms with Gasteiger partial charge in [-0.2, -0.15) is 4.98 Å². The van der Waals surface area contributed by atoms with E-state index in [1.807, 2.05) is 54.9 Å². The molecule has 5 heterocycles. The number of pyridine rings is 2. The van der Waals surface area contributed by atoms with Gasteiger partial charge >= 0.3 is 0 Å². The fraction of sp³-hybridized carbons (Fsp3) is 0.455. The van der Waals surface area contributed by atoms with Crippen LogP contribution in [0, 0.1) is 13.8 Å². The average Bonchev–Trinajstić information content (AvgIpc) is 2.99. The van der Waals surface area contributed by atoms with E-state index in [0.717, 1.165) is 93.0 Å². The number of piperazine rings is 1. The van der Waals surface area contributed by atoms with E-state index in [4.69, 9.17) is 26.6 Å². The van der Waals surface area contributed by atoms with Gasteiger partial charge in [-0.25, -0.2) is 9.97 Å². The molecule has 1 aromatic carbocycles. The molecule has 43 heavy (non-hydrogen) atoms. The van der Waals surface area contributed by atoms with Crippen LogP contribution < -0.4 is 15.8 Å². The predicted molar refractivity (Wildman–Crippen MR) is 176 cm³/mol. The van der Waals surface area contributed by atoms with E-state index in [9.17, 15) is 4.79 Å². The van der Waals surface area contributed by atoms with Crippen molar-refractivity contribution < 1.29 is 0 Å². The summed E-state index contributed by atoms with van der Waals surface area (Å²) in [5.41, 5.74) is 4.90. The Morgan fingerprint density at radius 3 is 2.56 bits per heavy atom. The highest BCUT2D eigenvalue weighted by atomic mass is 35.5. The van der Waals surface area contributed by atoms with E-state index in [-0.39, 0.29) is 11.6 Å². The third kappa shape index (κ3) is 5.98. The summed E-state index contributed by atoms with van der Waals surface area (Å²) in [5.74, 6) is 1.10. The summed E-state index contributed by atoms with van der Waals surface area (Å²) in [5, 5.41) is 4.73. The van der Waals surface area contributed by atoms with Crippen molar-refractivity contribution in [1.29, 1.82) is 0 Å². The molecule has 2 aliphatic heterocycles. The lowest BCUT2D eigenvalue weighted by Crippen LogP contribution is -2.44. The molecule has 3 aromatic heterocycles. The number of nitrogens with one attached hydrogen (secondary N) is 1. The summed E-state index contributed by atoms with van der Waals surface area (Å²) in [7, 11) is 2.16. The molecule has 1 atom stereocenters. The average molecular weight is 601 g/mol. The maximum atomic E-state index is 14.4. The fourth-order valence-electron chi connectivity index (χ4n) is 6.59. The Balaban J connectivity index is 1.41. The summed E-state index contributed by atoms with van der Waals surface area (Å²) in [6.45, 7) is 13.2. The number of likely N-dealkylation sites (N-methyl/N-ethyl adjacent to an activating group) is 1. The van der Waals surface area contributed by atoms with Crippen molar-refractivity contribution in [3.63, 3.8) is 0 Å². The Morgan fingerprint density at radius 1 is 1.02 bits per heavy atom. The van der Waals surface area contributed by atoms with E-state index >= 15 is 0 Å². The molecule has 2 saturated heterocycles. The van der Waals surface area contributed by atoms with Crippen LogP contribution >= 0.6 is 11.6 Å². The Bertz CT molecular complexity index is 1680. The van der Waals surface area contributed by atoms with Crippen LogP contribution in [-0.2, 0) is 0 Å². The van der Waals surface area contributed by atoms with E-state index in [1.165, 1.54) is 0 Å². The first-order chi connectivity index (χ1) is 20.8. The first-order valence-corrected chi connectivity index (χ1v) is 15.8. The van der Waals surface area contributed by atoms with Gasteiger partial charge in [-0.05, 0) is 77.0 Å². The number of hydrogen-bond acceptors (Lipinski definition) is 8. The Hall–Kier alpha value is -3.53. The lowest BCUT2D eigenvalue weighted by atomic mass is 9.98. The number of nitrogens with zero attached hydrogens (tertiary/aromatic N) is 7.